The van der Waals surface area contributed by atoms with Crippen molar-refractivity contribution in [2.45, 2.75) is 50.7 Å². The average molecular weight is 786 g/mol. The van der Waals surface area contributed by atoms with Gasteiger partial charge in [-0.05, 0) is 65.1 Å². The fraction of sp³-hybridized carbons (Fsp3) is 0.326. The van der Waals surface area contributed by atoms with Gasteiger partial charge in [-0.2, -0.15) is 0 Å². The molecule has 3 aromatic carbocycles. The van der Waals surface area contributed by atoms with Gasteiger partial charge < -0.3 is 23.7 Å². The maximum absolute atomic E-state index is 16.3. The van der Waals surface area contributed by atoms with Crippen LogP contribution in [0.2, 0.25) is 0 Å². The normalized spacial score (nSPS) is 19.4. The van der Waals surface area contributed by atoms with Crippen LogP contribution in [-0.4, -0.2) is 75.0 Å². The molecular weight excluding hydrogens is 746 g/mol. The van der Waals surface area contributed by atoms with Crippen molar-refractivity contribution in [3.05, 3.63) is 104 Å². The van der Waals surface area contributed by atoms with E-state index in [1.165, 1.54) is 15.2 Å². The summed E-state index contributed by atoms with van der Waals surface area (Å²) in [4.78, 5) is 60.4. The Balaban J connectivity index is 0.988. The Bertz CT molecular complexity index is 2880. The van der Waals surface area contributed by atoms with Crippen LogP contribution in [-0.2, 0) is 47.9 Å². The molecule has 296 valence electrons. The lowest BCUT2D eigenvalue weighted by Gasteiger charge is -2.41. The number of para-hydroxylation sites is 1. The summed E-state index contributed by atoms with van der Waals surface area (Å²) in [5, 5.41) is 3.61. The number of imidazole rings is 1. The molecule has 7 heterocycles. The highest BCUT2D eigenvalue weighted by molar-refractivity contribution is 6.01. The van der Waals surface area contributed by atoms with Crippen LogP contribution < -0.4 is 30.9 Å². The summed E-state index contributed by atoms with van der Waals surface area (Å²) in [5.74, 6) is 0.778. The molecule has 14 nitrogen and oxygen atoms in total. The summed E-state index contributed by atoms with van der Waals surface area (Å²) >= 11 is 0. The molecule has 2 fully saturated rings. The van der Waals surface area contributed by atoms with E-state index in [1.807, 2.05) is 36.5 Å². The number of anilines is 1. The number of carbonyl (C=O) groups is 2. The van der Waals surface area contributed by atoms with E-state index in [4.69, 9.17) is 14.2 Å². The largest absolute Gasteiger partial charge is 0.496 e. The van der Waals surface area contributed by atoms with E-state index in [-0.39, 0.29) is 36.2 Å². The number of rotatable bonds is 6. The smallest absolute Gasteiger partial charge is 0.329 e. The lowest BCUT2D eigenvalue weighted by atomic mass is 9.91. The topological polar surface area (TPSA) is 142 Å². The molecule has 4 aliphatic rings. The van der Waals surface area contributed by atoms with Crippen LogP contribution in [0.1, 0.15) is 35.6 Å². The van der Waals surface area contributed by atoms with Crippen LogP contribution >= 0.6 is 0 Å². The predicted octanol–water partition coefficient (Wildman–Crippen LogP) is 4.16. The van der Waals surface area contributed by atoms with E-state index in [2.05, 4.69) is 20.1 Å². The highest BCUT2D eigenvalue weighted by Gasteiger charge is 2.37. The number of pyridine rings is 2. The molecule has 2 atom stereocenters. The van der Waals surface area contributed by atoms with Crippen LogP contribution in [0, 0.1) is 5.82 Å². The van der Waals surface area contributed by atoms with Crippen molar-refractivity contribution >= 4 is 39.4 Å². The summed E-state index contributed by atoms with van der Waals surface area (Å²) in [7, 11) is 6.68. The number of aromatic nitrogens is 4. The number of halogens is 1. The minimum Gasteiger partial charge on any atom is -0.496 e. The molecule has 3 aromatic heterocycles. The fourth-order valence-electron chi connectivity index (χ4n) is 9.11. The number of ether oxygens (including phenoxy) is 3. The molecular formula is C43H40FN7O7. The highest BCUT2D eigenvalue weighted by atomic mass is 19.1. The maximum Gasteiger partial charge on any atom is 0.329 e. The Kier molecular flexibility index (Phi) is 8.32. The molecule has 2 amide bonds. The molecule has 0 aliphatic carbocycles. The first-order valence-electron chi connectivity index (χ1n) is 19.3. The van der Waals surface area contributed by atoms with Crippen LogP contribution in [0.3, 0.4) is 0 Å². The number of nitrogens with one attached hydrogen (secondary N) is 1. The monoisotopic (exact) mass is 785 g/mol. The van der Waals surface area contributed by atoms with E-state index in [1.54, 1.807) is 51.2 Å². The minimum absolute atomic E-state index is 0.133. The molecule has 0 saturated carbocycles. The second-order valence-electron chi connectivity index (χ2n) is 15.6. The molecule has 0 radical (unpaired) electrons. The molecule has 1 N–H and O–H groups in total. The number of aryl methyl sites for hydroxylation is 2. The number of fused-ring (bicyclic) bond motifs is 5. The van der Waals surface area contributed by atoms with Crippen LogP contribution in [0.5, 0.6) is 11.5 Å². The van der Waals surface area contributed by atoms with Crippen molar-refractivity contribution in [2.24, 2.45) is 14.1 Å². The van der Waals surface area contributed by atoms with Crippen LogP contribution in [0.25, 0.3) is 44.1 Å². The molecule has 4 aliphatic heterocycles. The quantitative estimate of drug-likeness (QED) is 0.245. The second-order valence-corrected chi connectivity index (χ2v) is 15.6. The van der Waals surface area contributed by atoms with Crippen molar-refractivity contribution < 1.29 is 28.2 Å². The highest BCUT2D eigenvalue weighted by Crippen LogP contribution is 2.44. The van der Waals surface area contributed by atoms with Crippen molar-refractivity contribution in [1.82, 2.24) is 28.9 Å². The lowest BCUT2D eigenvalue weighted by Crippen LogP contribution is -2.52. The molecule has 2 saturated heterocycles. The SMILES string of the molecule is COc1cc(-c2cn(C)c(=O)c3cnc(N4CC(OC)C4)cc23)cc2c1CN1Cc3cc(-c4cccc5c4n(C)c(=O)n5C4CCC(=O)NC4=O)cc(F)c3CC1O2. The van der Waals surface area contributed by atoms with Gasteiger partial charge in [-0.25, -0.2) is 14.2 Å². The molecule has 2 unspecified atom stereocenters. The van der Waals surface area contributed by atoms with E-state index < -0.39 is 23.9 Å². The third kappa shape index (κ3) is 5.55. The second kappa shape index (κ2) is 13.4. The summed E-state index contributed by atoms with van der Waals surface area (Å²) in [6.45, 7) is 2.33. The summed E-state index contributed by atoms with van der Waals surface area (Å²) in [6.07, 6.45) is 3.81. The minimum atomic E-state index is -0.831. The molecule has 0 bridgehead atoms. The Morgan fingerprint density at radius 3 is 2.52 bits per heavy atom. The predicted molar refractivity (Wildman–Crippen MR) is 213 cm³/mol. The molecule has 58 heavy (non-hydrogen) atoms. The first-order valence-corrected chi connectivity index (χ1v) is 19.3. The van der Waals surface area contributed by atoms with Gasteiger partial charge in [0.25, 0.3) is 5.56 Å². The van der Waals surface area contributed by atoms with Gasteiger partial charge in [0.05, 0.1) is 35.2 Å². The van der Waals surface area contributed by atoms with Gasteiger partial charge >= 0.3 is 5.69 Å². The van der Waals surface area contributed by atoms with E-state index >= 15 is 4.39 Å². The molecule has 0 spiro atoms. The van der Waals surface area contributed by atoms with Crippen molar-refractivity contribution in [2.75, 3.05) is 32.2 Å². The van der Waals surface area contributed by atoms with Gasteiger partial charge in [0, 0.05) is 89.1 Å². The number of carbonyl (C=O) groups excluding carboxylic acids is 2. The first kappa shape index (κ1) is 36.0. The fourth-order valence-corrected chi connectivity index (χ4v) is 9.11. The Morgan fingerprint density at radius 2 is 1.74 bits per heavy atom. The number of piperidine rings is 1. The number of hydrogen-bond donors (Lipinski definition) is 1. The summed E-state index contributed by atoms with van der Waals surface area (Å²) in [6, 6.07) is 13.9. The van der Waals surface area contributed by atoms with Gasteiger partial charge in [0.2, 0.25) is 11.8 Å². The number of imide groups is 1. The van der Waals surface area contributed by atoms with E-state index in [9.17, 15) is 19.2 Å². The van der Waals surface area contributed by atoms with Crippen LogP contribution in [0.15, 0.2) is 70.5 Å². The summed E-state index contributed by atoms with van der Waals surface area (Å²) in [5.41, 5.74) is 5.68. The number of amides is 2. The zero-order valence-corrected chi connectivity index (χ0v) is 32.4. The van der Waals surface area contributed by atoms with Gasteiger partial charge in [-0.3, -0.25) is 33.7 Å². The van der Waals surface area contributed by atoms with Crippen molar-refractivity contribution in [3.63, 3.8) is 0 Å². The average Bonchev–Trinajstić information content (AvgIpc) is 3.45. The zero-order valence-electron chi connectivity index (χ0n) is 32.4. The Labute approximate surface area is 331 Å². The Morgan fingerprint density at radius 1 is 0.931 bits per heavy atom. The van der Waals surface area contributed by atoms with Gasteiger partial charge in [-0.15, -0.1) is 0 Å². The van der Waals surface area contributed by atoms with Gasteiger partial charge in [0.15, 0.2) is 6.23 Å². The van der Waals surface area contributed by atoms with Gasteiger partial charge in [-0.1, -0.05) is 12.1 Å². The van der Waals surface area contributed by atoms with Crippen LogP contribution in [0.4, 0.5) is 10.2 Å². The number of methoxy groups -OCH3 is 2. The third-order valence-corrected chi connectivity index (χ3v) is 12.3. The van der Waals surface area contributed by atoms with Crippen molar-refractivity contribution in [1.29, 1.82) is 0 Å². The molecule has 10 rings (SSSR count). The maximum atomic E-state index is 16.3. The first-order chi connectivity index (χ1) is 28.0. The van der Waals surface area contributed by atoms with E-state index in [0.29, 0.717) is 64.1 Å². The molecule has 6 aromatic rings. The number of hydrogen-bond acceptors (Lipinski definition) is 10. The Hall–Kier alpha value is -6.32. The van der Waals surface area contributed by atoms with Crippen molar-refractivity contribution in [3.8, 4) is 33.8 Å². The standard InChI is InChI=1S/C43H40FN7O7/c1-47-20-30(28-14-37(45-16-29(28)42(47)54)49-18-25(19-49)56-3)23-12-35(57-4)31-21-50-17-24-10-22(11-32(44)27(24)15-39(50)58-36(31)13-23)26-6-5-7-33-40(26)48(2)43(55)51(33)34-8-9-38(52)46-41(34)53/h5-7,10-14,16,20,25,34,39H,8-9,15,17-19,21H2,1-4H3,(H,46,52,53). The third-order valence-electron chi connectivity index (χ3n) is 12.3. The zero-order chi connectivity index (χ0) is 40.1. The lowest BCUT2D eigenvalue weighted by molar-refractivity contribution is -0.135. The van der Waals surface area contributed by atoms with Gasteiger partial charge in [0.1, 0.15) is 29.2 Å². The molecule has 15 heteroatoms. The number of benzene rings is 3. The van der Waals surface area contributed by atoms with E-state index in [0.717, 1.165) is 46.5 Å². The number of nitrogens with zero attached hydrogens (tertiary/aromatic N) is 6. The summed E-state index contributed by atoms with van der Waals surface area (Å²) < 4.78 is 38.9.